The van der Waals surface area contributed by atoms with Gasteiger partial charge >= 0.3 is 6.18 Å². The lowest BCUT2D eigenvalue weighted by atomic mass is 9.87. The van der Waals surface area contributed by atoms with Gasteiger partial charge in [-0.15, -0.1) is 0 Å². The number of allylic oxidation sites excluding steroid dienone is 7. The first-order chi connectivity index (χ1) is 19.6. The maximum Gasteiger partial charge on any atom is 0.454 e. The third-order valence-corrected chi connectivity index (χ3v) is 7.16. The van der Waals surface area contributed by atoms with E-state index in [1.165, 1.54) is 6.20 Å². The van der Waals surface area contributed by atoms with E-state index in [9.17, 15) is 22.8 Å². The second-order valence-electron chi connectivity index (χ2n) is 10.2. The molecule has 0 saturated heterocycles. The van der Waals surface area contributed by atoms with Crippen LogP contribution in [0.5, 0.6) is 0 Å². The van der Waals surface area contributed by atoms with Crippen molar-refractivity contribution in [2.24, 2.45) is 5.92 Å². The molecule has 0 aromatic rings. The van der Waals surface area contributed by atoms with Gasteiger partial charge in [-0.05, 0) is 57.4 Å². The van der Waals surface area contributed by atoms with Crippen molar-refractivity contribution >= 4 is 11.6 Å². The summed E-state index contributed by atoms with van der Waals surface area (Å²) >= 11 is 0. The van der Waals surface area contributed by atoms with Crippen LogP contribution in [0.1, 0.15) is 112 Å². The smallest absolute Gasteiger partial charge is 0.370 e. The molecule has 0 spiro atoms. The van der Waals surface area contributed by atoms with Gasteiger partial charge in [0.1, 0.15) is 0 Å². The maximum absolute atomic E-state index is 13.1. The largest absolute Gasteiger partial charge is 0.454 e. The van der Waals surface area contributed by atoms with Gasteiger partial charge in [-0.25, -0.2) is 0 Å². The van der Waals surface area contributed by atoms with Crippen LogP contribution in [0.4, 0.5) is 13.2 Å². The van der Waals surface area contributed by atoms with Crippen LogP contribution in [0.3, 0.4) is 0 Å². The normalized spacial score (nSPS) is 18.2. The van der Waals surface area contributed by atoms with E-state index in [2.05, 4.69) is 32.2 Å². The zero-order valence-corrected chi connectivity index (χ0v) is 26.2. The molecule has 2 unspecified atom stereocenters. The minimum atomic E-state index is -4.86. The average Bonchev–Trinajstić information content (AvgIpc) is 3.12. The van der Waals surface area contributed by atoms with Crippen LogP contribution in [0, 0.1) is 5.92 Å². The summed E-state index contributed by atoms with van der Waals surface area (Å²) in [6, 6.07) is -0.229. The number of hydrogen-bond acceptors (Lipinski definition) is 3. The summed E-state index contributed by atoms with van der Waals surface area (Å²) in [5.74, 6) is -1.40. The van der Waals surface area contributed by atoms with Gasteiger partial charge in [-0.3, -0.25) is 9.59 Å². The molecule has 0 amide bonds. The van der Waals surface area contributed by atoms with Gasteiger partial charge in [0.2, 0.25) is 0 Å². The third kappa shape index (κ3) is 14.2. The van der Waals surface area contributed by atoms with E-state index >= 15 is 0 Å². The Balaban J connectivity index is 0.00000244. The third-order valence-electron chi connectivity index (χ3n) is 7.16. The van der Waals surface area contributed by atoms with Crippen LogP contribution in [0.15, 0.2) is 72.5 Å². The van der Waals surface area contributed by atoms with Crippen molar-refractivity contribution in [1.82, 2.24) is 4.90 Å². The Morgan fingerprint density at radius 1 is 1.02 bits per heavy atom. The topological polar surface area (TPSA) is 37.4 Å². The van der Waals surface area contributed by atoms with Crippen LogP contribution >= 0.6 is 0 Å². The van der Waals surface area contributed by atoms with Crippen molar-refractivity contribution in [2.45, 2.75) is 124 Å². The number of nitrogens with zero attached hydrogens (tertiary/aromatic N) is 1. The van der Waals surface area contributed by atoms with Gasteiger partial charge in [0.25, 0.3) is 5.78 Å². The second-order valence-corrected chi connectivity index (χ2v) is 10.2. The fourth-order valence-electron chi connectivity index (χ4n) is 4.94. The molecule has 0 N–H and O–H groups in total. The number of hydrogen-bond donors (Lipinski definition) is 0. The van der Waals surface area contributed by atoms with Gasteiger partial charge in [0.05, 0.1) is 6.04 Å². The highest BCUT2D eigenvalue weighted by Crippen LogP contribution is 2.34. The van der Waals surface area contributed by atoms with Crippen molar-refractivity contribution in [3.8, 4) is 0 Å². The van der Waals surface area contributed by atoms with E-state index in [4.69, 9.17) is 0 Å². The van der Waals surface area contributed by atoms with Gasteiger partial charge in [0, 0.05) is 29.8 Å². The molecule has 41 heavy (non-hydrogen) atoms. The molecule has 0 saturated carbocycles. The number of Topliss-reactive ketones (excluding diaryl/α,β-unsaturated/α-hetero) is 2. The fraction of sp³-hybridized carbons (Fsp3) is 0.600. The van der Waals surface area contributed by atoms with E-state index in [0.717, 1.165) is 76.2 Å². The molecule has 0 bridgehead atoms. The summed E-state index contributed by atoms with van der Waals surface area (Å²) in [5, 5.41) is 0. The van der Waals surface area contributed by atoms with E-state index in [-0.39, 0.29) is 23.3 Å². The first kappa shape index (κ1) is 38.4. The molecule has 232 valence electrons. The van der Waals surface area contributed by atoms with Crippen LogP contribution in [-0.4, -0.2) is 35.2 Å². The minimum absolute atomic E-state index is 0.0724. The highest BCUT2D eigenvalue weighted by Gasteiger charge is 2.44. The molecular formula is C35H54F3NO2. The van der Waals surface area contributed by atoms with Crippen LogP contribution < -0.4 is 0 Å². The molecule has 1 heterocycles. The van der Waals surface area contributed by atoms with Crippen molar-refractivity contribution in [3.63, 3.8) is 0 Å². The SMILES string of the molecule is C=CC=C.CC.CC/C=C1/C(C(=O)C(F)(F)F)=CN(CCCCCCC(CCCC)C(=O)C2=CCCCC=C2)C1C. The summed E-state index contributed by atoms with van der Waals surface area (Å²) in [5.41, 5.74) is 1.14. The average molecular weight is 578 g/mol. The summed E-state index contributed by atoms with van der Waals surface area (Å²) in [4.78, 5) is 26.8. The first-order valence-electron chi connectivity index (χ1n) is 15.6. The zero-order valence-electron chi connectivity index (χ0n) is 26.2. The molecule has 2 rings (SSSR count). The van der Waals surface area contributed by atoms with E-state index in [1.807, 2.05) is 38.7 Å². The maximum atomic E-state index is 13.1. The Kier molecular flexibility index (Phi) is 20.6. The summed E-state index contributed by atoms with van der Waals surface area (Å²) < 4.78 is 39.1. The first-order valence-corrected chi connectivity index (χ1v) is 15.6. The second kappa shape index (κ2) is 22.0. The Bertz CT molecular complexity index is 918. The minimum Gasteiger partial charge on any atom is -0.370 e. The van der Waals surface area contributed by atoms with Gasteiger partial charge in [-0.2, -0.15) is 13.2 Å². The molecule has 1 aliphatic carbocycles. The predicted octanol–water partition coefficient (Wildman–Crippen LogP) is 10.4. The van der Waals surface area contributed by atoms with Crippen molar-refractivity contribution in [3.05, 3.63) is 72.5 Å². The number of carbonyl (C=O) groups is 2. The molecule has 0 aromatic carbocycles. The monoisotopic (exact) mass is 577 g/mol. The highest BCUT2D eigenvalue weighted by molar-refractivity contribution is 6.04. The summed E-state index contributed by atoms with van der Waals surface area (Å²) in [7, 11) is 0. The van der Waals surface area contributed by atoms with Crippen molar-refractivity contribution < 1.29 is 22.8 Å². The van der Waals surface area contributed by atoms with Gasteiger partial charge in [-0.1, -0.05) is 109 Å². The quantitative estimate of drug-likeness (QED) is 0.143. The molecule has 3 nitrogen and oxygen atoms in total. The lowest BCUT2D eigenvalue weighted by Gasteiger charge is -2.23. The molecule has 1 aliphatic heterocycles. The van der Waals surface area contributed by atoms with Crippen molar-refractivity contribution in [1.29, 1.82) is 0 Å². The Morgan fingerprint density at radius 3 is 2.24 bits per heavy atom. The van der Waals surface area contributed by atoms with Gasteiger partial charge in [0.15, 0.2) is 5.78 Å². The van der Waals surface area contributed by atoms with Crippen LogP contribution in [-0.2, 0) is 9.59 Å². The molecule has 0 aromatic heterocycles. The number of alkyl halides is 3. The Morgan fingerprint density at radius 2 is 1.66 bits per heavy atom. The molecule has 6 heteroatoms. The van der Waals surface area contributed by atoms with E-state index in [1.54, 1.807) is 18.2 Å². The van der Waals surface area contributed by atoms with Crippen LogP contribution in [0.2, 0.25) is 0 Å². The lowest BCUT2D eigenvalue weighted by molar-refractivity contribution is -0.166. The molecule has 2 atom stereocenters. The molecule has 2 aliphatic rings. The van der Waals surface area contributed by atoms with Crippen LogP contribution in [0.25, 0.3) is 0 Å². The number of carbonyl (C=O) groups excluding carboxylic acids is 2. The predicted molar refractivity (Wildman–Crippen MR) is 168 cm³/mol. The Labute approximate surface area is 248 Å². The molecule has 0 fully saturated rings. The summed E-state index contributed by atoms with van der Waals surface area (Å²) in [6.07, 6.45) is 19.1. The number of unbranched alkanes of at least 4 members (excludes halogenated alkanes) is 4. The summed E-state index contributed by atoms with van der Waals surface area (Å²) in [6.45, 7) is 17.2. The van der Waals surface area contributed by atoms with E-state index in [0.29, 0.717) is 18.5 Å². The molecular weight excluding hydrogens is 523 g/mol. The highest BCUT2D eigenvalue weighted by atomic mass is 19.4. The van der Waals surface area contributed by atoms with Crippen molar-refractivity contribution in [2.75, 3.05) is 6.54 Å². The standard InChI is InChI=1S/C29H42F3NO2.C4H6.C2H6/c1-4-6-16-23(27(34)24-18-11-7-8-12-19-24)17-13-9-10-14-20-33-21-26(28(35)29(30,31)32)25(15-5-2)22(33)3;1-3-4-2;1-2/h11,15,18-19,21-23H,4-10,12-14,16-17,20H2,1-3H3;3-4H,1-2H2;1-2H3/b25-15+;;. The molecule has 0 radical (unpaired) electrons. The number of halogens is 3. The lowest BCUT2D eigenvalue weighted by Crippen LogP contribution is -2.27. The Hall–Kier alpha value is -2.63. The number of ketones is 2. The van der Waals surface area contributed by atoms with E-state index < -0.39 is 12.0 Å². The zero-order chi connectivity index (χ0) is 31.3. The number of rotatable bonds is 15. The van der Waals surface area contributed by atoms with Gasteiger partial charge < -0.3 is 4.90 Å². The fourth-order valence-corrected chi connectivity index (χ4v) is 4.94.